The molecule has 0 spiro atoms. The van der Waals surface area contributed by atoms with Crippen LogP contribution in [0.4, 0.5) is 0 Å². The molecule has 19 heavy (non-hydrogen) atoms. The first-order chi connectivity index (χ1) is 9.24. The molecule has 0 saturated carbocycles. The molecule has 1 nitrogen and oxygen atoms in total. The van der Waals surface area contributed by atoms with Gasteiger partial charge in [0, 0.05) is 0 Å². The van der Waals surface area contributed by atoms with E-state index in [0.29, 0.717) is 0 Å². The number of hydrogen-bond donors (Lipinski definition) is 0. The molecule has 0 saturated heterocycles. The molecular formula is C17H32OSn. The van der Waals surface area contributed by atoms with Crippen LogP contribution in [0.1, 0.15) is 59.3 Å². The summed E-state index contributed by atoms with van der Waals surface area (Å²) >= 11 is -2.08. The van der Waals surface area contributed by atoms with E-state index in [-0.39, 0.29) is 0 Å². The second-order valence-electron chi connectivity index (χ2n) is 5.55. The summed E-state index contributed by atoms with van der Waals surface area (Å²) in [4.78, 5) is 10.3. The van der Waals surface area contributed by atoms with E-state index in [0.717, 1.165) is 6.29 Å². The fourth-order valence-corrected chi connectivity index (χ4v) is 16.7. The van der Waals surface area contributed by atoms with E-state index in [4.69, 9.17) is 0 Å². The van der Waals surface area contributed by atoms with Crippen molar-refractivity contribution in [2.24, 2.45) is 0 Å². The van der Waals surface area contributed by atoms with Crippen LogP contribution >= 0.6 is 0 Å². The van der Waals surface area contributed by atoms with Gasteiger partial charge in [0.15, 0.2) is 0 Å². The zero-order valence-electron chi connectivity index (χ0n) is 13.2. The van der Waals surface area contributed by atoms with Crippen LogP contribution in [0.15, 0.2) is 22.3 Å². The van der Waals surface area contributed by atoms with Crippen molar-refractivity contribution in [3.05, 3.63) is 22.3 Å². The average Bonchev–Trinajstić information content (AvgIpc) is 2.44. The first kappa shape index (κ1) is 18.9. The number of unbranched alkanes of at least 4 members (excludes halogenated alkanes) is 3. The minimum atomic E-state index is -2.08. The van der Waals surface area contributed by atoms with Crippen molar-refractivity contribution in [1.29, 1.82) is 0 Å². The number of carbonyl (C=O) groups excluding carboxylic acids is 1. The first-order valence-corrected chi connectivity index (χ1v) is 15.7. The molecule has 0 aromatic heterocycles. The van der Waals surface area contributed by atoms with Crippen molar-refractivity contribution in [2.75, 3.05) is 0 Å². The summed E-state index contributed by atoms with van der Waals surface area (Å²) in [5.74, 6) is 0. The Morgan fingerprint density at radius 3 is 1.58 bits per heavy atom. The Bertz CT molecular complexity index is 247. The van der Waals surface area contributed by atoms with E-state index < -0.39 is 18.4 Å². The standard InChI is InChI=1S/C5H5O.3C4H9.Sn/c1-2-3-4-5-6;3*1-3-4-2;/h1-5H;3*1,3-4H2,2H3;. The Labute approximate surface area is 124 Å². The summed E-state index contributed by atoms with van der Waals surface area (Å²) in [5, 5.41) is 0. The predicted octanol–water partition coefficient (Wildman–Crippen LogP) is 5.69. The number of carbonyl (C=O) groups is 1. The second kappa shape index (κ2) is 13.0. The van der Waals surface area contributed by atoms with Crippen LogP contribution in [0.5, 0.6) is 0 Å². The topological polar surface area (TPSA) is 17.1 Å². The third-order valence-corrected chi connectivity index (χ3v) is 18.0. The zero-order chi connectivity index (χ0) is 14.4. The van der Waals surface area contributed by atoms with Gasteiger partial charge in [0.25, 0.3) is 0 Å². The molecule has 0 bridgehead atoms. The van der Waals surface area contributed by atoms with E-state index in [1.54, 1.807) is 6.08 Å². The maximum absolute atomic E-state index is 10.3. The zero-order valence-corrected chi connectivity index (χ0v) is 16.0. The van der Waals surface area contributed by atoms with Crippen molar-refractivity contribution in [3.8, 4) is 0 Å². The molecule has 0 radical (unpaired) electrons. The quantitative estimate of drug-likeness (QED) is 0.187. The van der Waals surface area contributed by atoms with E-state index in [9.17, 15) is 4.79 Å². The Balaban J connectivity index is 4.79. The Morgan fingerprint density at radius 1 is 0.737 bits per heavy atom. The van der Waals surface area contributed by atoms with Crippen molar-refractivity contribution < 1.29 is 4.79 Å². The molecule has 2 heteroatoms. The minimum absolute atomic E-state index is 0.867. The van der Waals surface area contributed by atoms with Gasteiger partial charge in [-0.3, -0.25) is 0 Å². The molecule has 110 valence electrons. The van der Waals surface area contributed by atoms with Crippen LogP contribution in [0.3, 0.4) is 0 Å². The van der Waals surface area contributed by atoms with Gasteiger partial charge in [-0.25, -0.2) is 0 Å². The van der Waals surface area contributed by atoms with Gasteiger partial charge in [-0.2, -0.15) is 0 Å². The molecule has 0 unspecified atom stereocenters. The summed E-state index contributed by atoms with van der Waals surface area (Å²) in [6.07, 6.45) is 14.7. The average molecular weight is 371 g/mol. The van der Waals surface area contributed by atoms with Gasteiger partial charge in [0.2, 0.25) is 0 Å². The van der Waals surface area contributed by atoms with Crippen LogP contribution in [0.25, 0.3) is 0 Å². The molecule has 0 N–H and O–H groups in total. The first-order valence-electron chi connectivity index (χ1n) is 8.04. The Kier molecular flexibility index (Phi) is 12.9. The number of rotatable bonds is 12. The fourth-order valence-electron chi connectivity index (χ4n) is 2.58. The van der Waals surface area contributed by atoms with Gasteiger partial charge in [-0.05, 0) is 0 Å². The van der Waals surface area contributed by atoms with Crippen LogP contribution in [-0.4, -0.2) is 24.7 Å². The van der Waals surface area contributed by atoms with Crippen LogP contribution in [0, 0.1) is 0 Å². The van der Waals surface area contributed by atoms with Gasteiger partial charge in [-0.1, -0.05) is 0 Å². The van der Waals surface area contributed by atoms with Crippen molar-refractivity contribution in [2.45, 2.75) is 72.6 Å². The summed E-state index contributed by atoms with van der Waals surface area (Å²) in [7, 11) is 0. The van der Waals surface area contributed by atoms with Crippen molar-refractivity contribution in [1.82, 2.24) is 0 Å². The van der Waals surface area contributed by atoms with E-state index >= 15 is 0 Å². The van der Waals surface area contributed by atoms with E-state index in [1.807, 2.05) is 6.08 Å². The molecule has 0 aliphatic rings. The summed E-state index contributed by atoms with van der Waals surface area (Å²) < 4.78 is 7.07. The van der Waals surface area contributed by atoms with E-state index in [1.165, 1.54) is 51.8 Å². The number of hydrogen-bond acceptors (Lipinski definition) is 1. The molecule has 0 rings (SSSR count). The molecule has 0 aliphatic carbocycles. The molecule has 0 atom stereocenters. The molecule has 0 aromatic rings. The van der Waals surface area contributed by atoms with Gasteiger partial charge in [0.05, 0.1) is 0 Å². The van der Waals surface area contributed by atoms with Crippen LogP contribution < -0.4 is 0 Å². The molecule has 0 aliphatic heterocycles. The van der Waals surface area contributed by atoms with E-state index in [2.05, 4.69) is 30.9 Å². The second-order valence-corrected chi connectivity index (χ2v) is 18.6. The monoisotopic (exact) mass is 372 g/mol. The molecule has 0 aromatic carbocycles. The van der Waals surface area contributed by atoms with Gasteiger partial charge in [0.1, 0.15) is 0 Å². The SMILES string of the molecule is CCC[CH2][Sn]([CH]=CC=CC=O)([CH2]CCC)[CH2]CCC. The number of aldehydes is 1. The normalized spacial score (nSPS) is 12.6. The van der Waals surface area contributed by atoms with Gasteiger partial charge in [-0.15, -0.1) is 0 Å². The van der Waals surface area contributed by atoms with Crippen LogP contribution in [0.2, 0.25) is 13.3 Å². The van der Waals surface area contributed by atoms with Gasteiger partial charge >= 0.3 is 124 Å². The van der Waals surface area contributed by atoms with Crippen molar-refractivity contribution >= 4 is 24.7 Å². The Morgan fingerprint density at radius 2 is 1.21 bits per heavy atom. The summed E-state index contributed by atoms with van der Waals surface area (Å²) in [6, 6.07) is 0. The van der Waals surface area contributed by atoms with Crippen LogP contribution in [-0.2, 0) is 4.79 Å². The predicted molar refractivity (Wildman–Crippen MR) is 89.2 cm³/mol. The summed E-state index contributed by atoms with van der Waals surface area (Å²) in [6.45, 7) is 6.89. The number of allylic oxidation sites excluding steroid dienone is 3. The van der Waals surface area contributed by atoms with Crippen molar-refractivity contribution in [3.63, 3.8) is 0 Å². The Hall–Kier alpha value is -0.0513. The fraction of sp³-hybridized carbons (Fsp3) is 0.706. The third kappa shape index (κ3) is 9.48. The maximum atomic E-state index is 10.3. The molecule has 0 fully saturated rings. The van der Waals surface area contributed by atoms with Gasteiger partial charge < -0.3 is 0 Å². The summed E-state index contributed by atoms with van der Waals surface area (Å²) in [5.41, 5.74) is 0. The molecular weight excluding hydrogens is 339 g/mol. The molecule has 0 heterocycles. The molecule has 0 amide bonds. The third-order valence-electron chi connectivity index (χ3n) is 3.84.